The molecule has 1 unspecified atom stereocenters. The molecule has 1 heterocycles. The summed E-state index contributed by atoms with van der Waals surface area (Å²) in [5, 5.41) is 7.85. The molecule has 3 heteroatoms. The zero-order valence-corrected chi connectivity index (χ0v) is 11.8. The number of nitrogens with one attached hydrogen (secondary N) is 1. The number of hydrogen-bond acceptors (Lipinski definition) is 3. The molecular weight excluding hydrogens is 230 g/mol. The molecule has 1 aromatic heterocycles. The first-order chi connectivity index (χ1) is 8.22. The number of likely N-dealkylation sites (N-methyl/N-ethyl adjacent to an activating group) is 1. The van der Waals surface area contributed by atoms with E-state index in [2.05, 4.69) is 29.1 Å². The fourth-order valence-electron chi connectivity index (χ4n) is 3.03. The normalized spacial score (nSPS) is 31.4. The lowest BCUT2D eigenvalue weighted by molar-refractivity contribution is -0.0744. The Bertz CT molecular complexity index is 328. The Morgan fingerprint density at radius 3 is 2.65 bits per heavy atom. The molecule has 0 aliphatic heterocycles. The van der Waals surface area contributed by atoms with Crippen molar-refractivity contribution in [3.63, 3.8) is 0 Å². The number of methoxy groups -OCH3 is 1. The van der Waals surface area contributed by atoms with Crippen LogP contribution in [-0.4, -0.2) is 19.8 Å². The summed E-state index contributed by atoms with van der Waals surface area (Å²) in [7, 11) is 3.91. The fourth-order valence-corrected chi connectivity index (χ4v) is 3.72. The van der Waals surface area contributed by atoms with Crippen molar-refractivity contribution in [1.82, 2.24) is 5.32 Å². The average molecular weight is 253 g/mol. The lowest BCUT2D eigenvalue weighted by Gasteiger charge is -2.43. The first kappa shape index (κ1) is 13.1. The van der Waals surface area contributed by atoms with Crippen molar-refractivity contribution in [3.8, 4) is 0 Å². The molecule has 0 amide bonds. The highest BCUT2D eigenvalue weighted by molar-refractivity contribution is 7.07. The van der Waals surface area contributed by atoms with E-state index >= 15 is 0 Å². The summed E-state index contributed by atoms with van der Waals surface area (Å²) in [6.07, 6.45) is 4.87. The van der Waals surface area contributed by atoms with E-state index in [9.17, 15) is 0 Å². The lowest BCUT2D eigenvalue weighted by atomic mass is 9.74. The van der Waals surface area contributed by atoms with E-state index in [-0.39, 0.29) is 5.60 Å². The third-order valence-corrected chi connectivity index (χ3v) is 4.92. The topological polar surface area (TPSA) is 21.3 Å². The molecule has 1 aromatic rings. The van der Waals surface area contributed by atoms with Gasteiger partial charge in [0.1, 0.15) is 0 Å². The van der Waals surface area contributed by atoms with E-state index in [4.69, 9.17) is 4.74 Å². The van der Waals surface area contributed by atoms with Crippen LogP contribution in [0, 0.1) is 5.92 Å². The Morgan fingerprint density at radius 2 is 2.18 bits per heavy atom. The third kappa shape index (κ3) is 2.56. The minimum absolute atomic E-state index is 0.0116. The molecule has 2 rings (SSSR count). The summed E-state index contributed by atoms with van der Waals surface area (Å²) >= 11 is 1.76. The predicted molar refractivity (Wildman–Crippen MR) is 73.5 cm³/mol. The smallest absolute Gasteiger partial charge is 0.0872 e. The van der Waals surface area contributed by atoms with Crippen molar-refractivity contribution < 1.29 is 4.74 Å². The first-order valence-electron chi connectivity index (χ1n) is 6.46. The highest BCUT2D eigenvalue weighted by atomic mass is 32.1. The van der Waals surface area contributed by atoms with Gasteiger partial charge in [0, 0.05) is 7.11 Å². The largest absolute Gasteiger partial charge is 0.376 e. The molecular formula is C14H23NOS. The van der Waals surface area contributed by atoms with Crippen LogP contribution >= 0.6 is 11.3 Å². The van der Waals surface area contributed by atoms with Gasteiger partial charge in [0.2, 0.25) is 0 Å². The van der Waals surface area contributed by atoms with Crippen LogP contribution in [0.15, 0.2) is 16.8 Å². The molecule has 1 aliphatic rings. The van der Waals surface area contributed by atoms with Gasteiger partial charge < -0.3 is 10.1 Å². The van der Waals surface area contributed by atoms with E-state index < -0.39 is 0 Å². The third-order valence-electron chi connectivity index (χ3n) is 4.22. The number of hydrogen-bond donors (Lipinski definition) is 1. The van der Waals surface area contributed by atoms with Crippen molar-refractivity contribution in [2.75, 3.05) is 14.2 Å². The van der Waals surface area contributed by atoms with E-state index in [0.717, 1.165) is 18.8 Å². The maximum atomic E-state index is 5.95. The molecule has 2 nitrogen and oxygen atoms in total. The molecule has 0 aromatic carbocycles. The fraction of sp³-hybridized carbons (Fsp3) is 0.714. The van der Waals surface area contributed by atoms with Gasteiger partial charge in [-0.25, -0.2) is 0 Å². The zero-order chi connectivity index (χ0) is 12.3. The van der Waals surface area contributed by atoms with Crippen molar-refractivity contribution in [1.29, 1.82) is 0 Å². The minimum atomic E-state index is -0.0116. The van der Waals surface area contributed by atoms with Crippen molar-refractivity contribution in [2.45, 2.75) is 44.2 Å². The molecule has 1 aliphatic carbocycles. The highest BCUT2D eigenvalue weighted by Gasteiger charge is 2.41. The minimum Gasteiger partial charge on any atom is -0.376 e. The van der Waals surface area contributed by atoms with Crippen LogP contribution in [-0.2, 0) is 4.74 Å². The van der Waals surface area contributed by atoms with Crippen LogP contribution in [0.2, 0.25) is 0 Å². The van der Waals surface area contributed by atoms with Gasteiger partial charge in [-0.05, 0) is 61.0 Å². The van der Waals surface area contributed by atoms with Gasteiger partial charge in [0.15, 0.2) is 0 Å². The Hall–Kier alpha value is -0.380. The molecule has 17 heavy (non-hydrogen) atoms. The molecule has 0 radical (unpaired) electrons. The molecule has 1 saturated carbocycles. The van der Waals surface area contributed by atoms with Gasteiger partial charge in [-0.1, -0.05) is 6.92 Å². The van der Waals surface area contributed by atoms with Crippen LogP contribution < -0.4 is 5.32 Å². The predicted octanol–water partition coefficient (Wildman–Crippen LogP) is 3.60. The van der Waals surface area contributed by atoms with Crippen LogP contribution in [0.4, 0.5) is 0 Å². The van der Waals surface area contributed by atoms with E-state index in [0.29, 0.717) is 6.04 Å². The van der Waals surface area contributed by atoms with Gasteiger partial charge in [-0.15, -0.1) is 0 Å². The van der Waals surface area contributed by atoms with Crippen LogP contribution in [0.5, 0.6) is 0 Å². The van der Waals surface area contributed by atoms with Gasteiger partial charge in [0.25, 0.3) is 0 Å². The van der Waals surface area contributed by atoms with Crippen molar-refractivity contribution >= 4 is 11.3 Å². The second-order valence-corrected chi connectivity index (χ2v) is 6.01. The lowest BCUT2D eigenvalue weighted by Crippen LogP contribution is -2.46. The van der Waals surface area contributed by atoms with E-state index in [1.807, 2.05) is 14.2 Å². The van der Waals surface area contributed by atoms with Crippen LogP contribution in [0.25, 0.3) is 0 Å². The van der Waals surface area contributed by atoms with E-state index in [1.54, 1.807) is 11.3 Å². The van der Waals surface area contributed by atoms with Gasteiger partial charge in [-0.2, -0.15) is 11.3 Å². The maximum absolute atomic E-state index is 5.95. The van der Waals surface area contributed by atoms with Gasteiger partial charge in [0.05, 0.1) is 11.6 Å². The monoisotopic (exact) mass is 253 g/mol. The summed E-state index contributed by atoms with van der Waals surface area (Å²) in [6.45, 7) is 2.35. The Labute approximate surface area is 108 Å². The molecule has 0 spiro atoms. The maximum Gasteiger partial charge on any atom is 0.0872 e. The number of rotatable bonds is 4. The molecule has 1 atom stereocenters. The molecule has 1 fully saturated rings. The van der Waals surface area contributed by atoms with Gasteiger partial charge in [-0.3, -0.25) is 0 Å². The SMILES string of the molecule is CNC(c1ccsc1)C1(OC)CCC(C)CC1. The molecule has 0 saturated heterocycles. The Morgan fingerprint density at radius 1 is 1.47 bits per heavy atom. The molecule has 96 valence electrons. The van der Waals surface area contributed by atoms with Crippen molar-refractivity contribution in [2.24, 2.45) is 5.92 Å². The summed E-state index contributed by atoms with van der Waals surface area (Å²) in [5.74, 6) is 0.846. The average Bonchev–Trinajstić information content (AvgIpc) is 2.86. The molecule has 0 bridgehead atoms. The van der Waals surface area contributed by atoms with Gasteiger partial charge >= 0.3 is 0 Å². The van der Waals surface area contributed by atoms with E-state index in [1.165, 1.54) is 18.4 Å². The first-order valence-corrected chi connectivity index (χ1v) is 7.40. The zero-order valence-electron chi connectivity index (χ0n) is 11.0. The molecule has 1 N–H and O–H groups in total. The van der Waals surface area contributed by atoms with Crippen LogP contribution in [0.1, 0.15) is 44.2 Å². The Balaban J connectivity index is 2.21. The second-order valence-electron chi connectivity index (χ2n) is 5.23. The number of ether oxygens (including phenoxy) is 1. The summed E-state index contributed by atoms with van der Waals surface area (Å²) in [5.41, 5.74) is 1.36. The highest BCUT2D eigenvalue weighted by Crippen LogP contribution is 2.43. The second kappa shape index (κ2) is 5.51. The number of thiophene rings is 1. The standard InChI is InChI=1S/C14H23NOS/c1-11-4-7-14(16-3,8-5-11)13(15-2)12-6-9-17-10-12/h6,9-11,13,15H,4-5,7-8H2,1-3H3. The van der Waals surface area contributed by atoms with Crippen molar-refractivity contribution in [3.05, 3.63) is 22.4 Å². The quantitative estimate of drug-likeness (QED) is 0.885. The summed E-state index contributed by atoms with van der Waals surface area (Å²) in [6, 6.07) is 2.54. The Kier molecular flexibility index (Phi) is 4.23. The van der Waals surface area contributed by atoms with Crippen LogP contribution in [0.3, 0.4) is 0 Å². The summed E-state index contributed by atoms with van der Waals surface area (Å²) in [4.78, 5) is 0. The summed E-state index contributed by atoms with van der Waals surface area (Å²) < 4.78 is 5.95.